The number of carboxylic acid groups (broad SMARTS) is 1. The topological polar surface area (TPSA) is 92.4 Å². The molecule has 0 fully saturated rings. The highest BCUT2D eigenvalue weighted by Gasteiger charge is 2.44. The quantitative estimate of drug-likeness (QED) is 0.745. The fourth-order valence-electron chi connectivity index (χ4n) is 1.89. The molecule has 1 rings (SSSR count). The Morgan fingerprint density at radius 3 is 2.29 bits per heavy atom. The molecule has 0 aliphatic carbocycles. The van der Waals surface area contributed by atoms with E-state index in [0.29, 0.717) is 18.5 Å². The minimum absolute atomic E-state index is 0.279. The first-order chi connectivity index (χ1) is 9.63. The van der Waals surface area contributed by atoms with E-state index in [1.165, 1.54) is 0 Å². The van der Waals surface area contributed by atoms with Crippen molar-refractivity contribution in [1.82, 2.24) is 5.32 Å². The Hall–Kier alpha value is -1.88. The molecule has 21 heavy (non-hydrogen) atoms. The smallest absolute Gasteiger partial charge is 0.311 e. The Morgan fingerprint density at radius 2 is 1.76 bits per heavy atom. The summed E-state index contributed by atoms with van der Waals surface area (Å²) >= 11 is 0. The van der Waals surface area contributed by atoms with Crippen molar-refractivity contribution >= 4 is 11.9 Å². The average molecular weight is 292 g/mol. The number of carboxylic acids is 1. The van der Waals surface area contributed by atoms with Crippen LogP contribution in [0.1, 0.15) is 43.6 Å². The van der Waals surface area contributed by atoms with Crippen LogP contribution >= 0.6 is 0 Å². The molecule has 0 atom stereocenters. The number of carbonyl (C=O) groups is 2. The van der Waals surface area contributed by atoms with Gasteiger partial charge in [-0.15, -0.1) is 0 Å². The Kier molecular flexibility index (Phi) is 5.12. The molecule has 1 aromatic rings. The fraction of sp³-hybridized carbons (Fsp3) is 0.500. The largest absolute Gasteiger partial charge is 0.481 e. The van der Waals surface area contributed by atoms with Crippen molar-refractivity contribution in [3.8, 4) is 0 Å². The van der Waals surface area contributed by atoms with Crippen LogP contribution in [0.15, 0.2) is 24.3 Å². The molecular formula is C16H24N2O3. The molecule has 5 heteroatoms. The van der Waals surface area contributed by atoms with Crippen LogP contribution < -0.4 is 11.1 Å². The lowest BCUT2D eigenvalue weighted by Crippen LogP contribution is -2.57. The summed E-state index contributed by atoms with van der Waals surface area (Å²) < 4.78 is 0. The summed E-state index contributed by atoms with van der Waals surface area (Å²) in [6.45, 7) is 7.08. The molecular weight excluding hydrogens is 268 g/mol. The second-order valence-corrected chi connectivity index (χ2v) is 6.21. The zero-order valence-corrected chi connectivity index (χ0v) is 13.1. The van der Waals surface area contributed by atoms with Gasteiger partial charge in [-0.1, -0.05) is 18.2 Å². The van der Waals surface area contributed by atoms with Gasteiger partial charge >= 0.3 is 5.97 Å². The predicted octanol–water partition coefficient (Wildman–Crippen LogP) is 1.81. The van der Waals surface area contributed by atoms with Gasteiger partial charge < -0.3 is 16.2 Å². The second kappa shape index (κ2) is 6.26. The molecule has 0 spiro atoms. The fourth-order valence-corrected chi connectivity index (χ4v) is 1.89. The summed E-state index contributed by atoms with van der Waals surface area (Å²) in [6, 6.07) is 7.22. The highest BCUT2D eigenvalue weighted by Crippen LogP contribution is 2.31. The van der Waals surface area contributed by atoms with E-state index in [1.54, 1.807) is 39.8 Å². The molecule has 0 radical (unpaired) electrons. The summed E-state index contributed by atoms with van der Waals surface area (Å²) in [7, 11) is 0. The molecule has 0 aliphatic rings. The number of aliphatic carboxylic acids is 1. The Balaban J connectivity index is 3.03. The van der Waals surface area contributed by atoms with Crippen LogP contribution in [0.4, 0.5) is 0 Å². The number of rotatable bonds is 6. The van der Waals surface area contributed by atoms with Gasteiger partial charge in [0.15, 0.2) is 0 Å². The first kappa shape index (κ1) is 17.2. The standard InChI is InChI=1S/C16H24N2O3/c1-15(2,14(20)21)16(3,4)18-13(19)12-8-6-5-7-11(12)9-10-17/h5-8H,9-10,17H2,1-4H3,(H,18,19)(H,20,21). The van der Waals surface area contributed by atoms with E-state index in [1.807, 2.05) is 12.1 Å². The highest BCUT2D eigenvalue weighted by atomic mass is 16.4. The van der Waals surface area contributed by atoms with Crippen molar-refractivity contribution < 1.29 is 14.7 Å². The van der Waals surface area contributed by atoms with Gasteiger partial charge in [-0.05, 0) is 52.3 Å². The number of amides is 1. The van der Waals surface area contributed by atoms with Crippen LogP contribution in [-0.2, 0) is 11.2 Å². The molecule has 0 unspecified atom stereocenters. The lowest BCUT2D eigenvalue weighted by Gasteiger charge is -2.39. The van der Waals surface area contributed by atoms with Crippen LogP contribution in [-0.4, -0.2) is 29.1 Å². The molecule has 0 aromatic heterocycles. The third-order valence-electron chi connectivity index (χ3n) is 4.20. The van der Waals surface area contributed by atoms with E-state index in [0.717, 1.165) is 5.56 Å². The number of hydrogen-bond donors (Lipinski definition) is 3. The highest BCUT2D eigenvalue weighted by molar-refractivity contribution is 5.96. The van der Waals surface area contributed by atoms with E-state index < -0.39 is 16.9 Å². The van der Waals surface area contributed by atoms with E-state index >= 15 is 0 Å². The van der Waals surface area contributed by atoms with Crippen LogP contribution in [0.25, 0.3) is 0 Å². The monoisotopic (exact) mass is 292 g/mol. The average Bonchev–Trinajstić information content (AvgIpc) is 2.38. The minimum atomic E-state index is -1.09. The first-order valence-corrected chi connectivity index (χ1v) is 6.97. The van der Waals surface area contributed by atoms with Gasteiger partial charge in [-0.2, -0.15) is 0 Å². The molecule has 1 amide bonds. The predicted molar refractivity (Wildman–Crippen MR) is 82.2 cm³/mol. The lowest BCUT2D eigenvalue weighted by molar-refractivity contribution is -0.150. The van der Waals surface area contributed by atoms with Crippen LogP contribution in [0.3, 0.4) is 0 Å². The molecule has 1 aromatic carbocycles. The molecule has 0 aliphatic heterocycles. The molecule has 0 saturated carbocycles. The van der Waals surface area contributed by atoms with E-state index in [4.69, 9.17) is 5.73 Å². The van der Waals surface area contributed by atoms with Gasteiger partial charge in [0.25, 0.3) is 5.91 Å². The molecule has 0 saturated heterocycles. The van der Waals surface area contributed by atoms with Crippen molar-refractivity contribution in [2.75, 3.05) is 6.54 Å². The maximum absolute atomic E-state index is 12.5. The van der Waals surface area contributed by atoms with E-state index in [2.05, 4.69) is 5.32 Å². The van der Waals surface area contributed by atoms with Gasteiger partial charge in [0.1, 0.15) is 0 Å². The zero-order chi connectivity index (χ0) is 16.3. The lowest BCUT2D eigenvalue weighted by atomic mass is 9.74. The van der Waals surface area contributed by atoms with Gasteiger partial charge in [-0.25, -0.2) is 0 Å². The maximum Gasteiger partial charge on any atom is 0.311 e. The van der Waals surface area contributed by atoms with Gasteiger partial charge in [0.2, 0.25) is 0 Å². The Labute approximate surface area is 125 Å². The van der Waals surface area contributed by atoms with Crippen molar-refractivity contribution in [3.63, 3.8) is 0 Å². The normalized spacial score (nSPS) is 12.0. The molecule has 0 bridgehead atoms. The Bertz CT molecular complexity index is 536. The second-order valence-electron chi connectivity index (χ2n) is 6.21. The van der Waals surface area contributed by atoms with Crippen molar-refractivity contribution in [1.29, 1.82) is 0 Å². The summed E-state index contributed by atoms with van der Waals surface area (Å²) in [4.78, 5) is 23.9. The number of carbonyl (C=O) groups excluding carboxylic acids is 1. The summed E-state index contributed by atoms with van der Waals surface area (Å²) in [5, 5.41) is 12.2. The third kappa shape index (κ3) is 3.61. The van der Waals surface area contributed by atoms with Crippen LogP contribution in [0, 0.1) is 5.41 Å². The molecule has 116 valence electrons. The summed E-state index contributed by atoms with van der Waals surface area (Å²) in [5.74, 6) is -1.23. The molecule has 0 heterocycles. The first-order valence-electron chi connectivity index (χ1n) is 6.97. The Morgan fingerprint density at radius 1 is 1.19 bits per heavy atom. The van der Waals surface area contributed by atoms with Crippen LogP contribution in [0.5, 0.6) is 0 Å². The number of nitrogens with one attached hydrogen (secondary N) is 1. The maximum atomic E-state index is 12.5. The summed E-state index contributed by atoms with van der Waals surface area (Å²) in [6.07, 6.45) is 0.604. The zero-order valence-electron chi connectivity index (χ0n) is 13.1. The summed E-state index contributed by atoms with van der Waals surface area (Å²) in [5.41, 5.74) is 4.97. The molecule has 4 N–H and O–H groups in total. The van der Waals surface area contributed by atoms with Crippen LogP contribution in [0.2, 0.25) is 0 Å². The van der Waals surface area contributed by atoms with Gasteiger partial charge in [-0.3, -0.25) is 9.59 Å². The van der Waals surface area contributed by atoms with Gasteiger partial charge in [0.05, 0.1) is 11.0 Å². The number of nitrogens with two attached hydrogens (primary N) is 1. The van der Waals surface area contributed by atoms with Crippen molar-refractivity contribution in [2.45, 2.75) is 39.7 Å². The number of benzene rings is 1. The third-order valence-corrected chi connectivity index (χ3v) is 4.20. The van der Waals surface area contributed by atoms with Crippen molar-refractivity contribution in [2.24, 2.45) is 11.1 Å². The van der Waals surface area contributed by atoms with Crippen molar-refractivity contribution in [3.05, 3.63) is 35.4 Å². The number of hydrogen-bond acceptors (Lipinski definition) is 3. The van der Waals surface area contributed by atoms with E-state index in [9.17, 15) is 14.7 Å². The molecule has 5 nitrogen and oxygen atoms in total. The van der Waals surface area contributed by atoms with E-state index in [-0.39, 0.29) is 5.91 Å². The minimum Gasteiger partial charge on any atom is -0.481 e. The SMILES string of the molecule is CC(C)(NC(=O)c1ccccc1CCN)C(C)(C)C(=O)O. The van der Waals surface area contributed by atoms with Gasteiger partial charge in [0, 0.05) is 5.56 Å².